The van der Waals surface area contributed by atoms with E-state index in [2.05, 4.69) is 31.2 Å². The first kappa shape index (κ1) is 18.7. The molecule has 0 saturated carbocycles. The number of benzene rings is 3. The molecule has 1 aromatic heterocycles. The fourth-order valence-electron chi connectivity index (χ4n) is 3.49. The van der Waals surface area contributed by atoms with Gasteiger partial charge in [-0.25, -0.2) is 0 Å². The molecule has 0 fully saturated rings. The molecule has 5 nitrogen and oxygen atoms in total. The van der Waals surface area contributed by atoms with Gasteiger partial charge in [0.1, 0.15) is 5.75 Å². The van der Waals surface area contributed by atoms with Crippen LogP contribution in [0.5, 0.6) is 5.75 Å². The molecule has 0 aliphatic carbocycles. The maximum absolute atomic E-state index is 13.1. The van der Waals surface area contributed by atoms with E-state index < -0.39 is 0 Å². The minimum atomic E-state index is -0.151. The van der Waals surface area contributed by atoms with E-state index in [9.17, 15) is 4.79 Å². The summed E-state index contributed by atoms with van der Waals surface area (Å²) in [5.74, 6) is 0.764. The van der Waals surface area contributed by atoms with Crippen molar-refractivity contribution >= 4 is 10.9 Å². The molecule has 5 heteroatoms. The zero-order valence-corrected chi connectivity index (χ0v) is 16.6. The van der Waals surface area contributed by atoms with Crippen LogP contribution in [0.25, 0.3) is 10.9 Å². The van der Waals surface area contributed by atoms with Crippen LogP contribution in [-0.4, -0.2) is 16.2 Å². The molecule has 0 spiro atoms. The Labute approximate surface area is 169 Å². The van der Waals surface area contributed by atoms with Crippen molar-refractivity contribution in [3.8, 4) is 5.75 Å². The summed E-state index contributed by atoms with van der Waals surface area (Å²) in [6.07, 6.45) is 0. The molecule has 0 saturated heterocycles. The Morgan fingerprint density at radius 3 is 2.07 bits per heavy atom. The number of fused-ring (bicyclic) bond motifs is 1. The van der Waals surface area contributed by atoms with Crippen LogP contribution in [0.15, 0.2) is 77.6 Å². The molecule has 3 aromatic carbocycles. The number of hydrogen-bond donors (Lipinski definition) is 1. The van der Waals surface area contributed by atoms with Gasteiger partial charge < -0.3 is 9.30 Å². The van der Waals surface area contributed by atoms with Gasteiger partial charge in [-0.2, -0.15) is 0 Å². The average Bonchev–Trinajstić information content (AvgIpc) is 2.76. The average molecular weight is 385 g/mol. The highest BCUT2D eigenvalue weighted by Gasteiger charge is 2.12. The van der Waals surface area contributed by atoms with E-state index in [1.54, 1.807) is 7.11 Å². The Morgan fingerprint density at radius 2 is 1.41 bits per heavy atom. The molecule has 29 heavy (non-hydrogen) atoms. The van der Waals surface area contributed by atoms with Crippen molar-refractivity contribution in [1.82, 2.24) is 9.13 Å². The lowest BCUT2D eigenvalue weighted by Crippen LogP contribution is -2.40. The van der Waals surface area contributed by atoms with Crippen LogP contribution in [-0.2, 0) is 13.1 Å². The van der Waals surface area contributed by atoms with Gasteiger partial charge in [0, 0.05) is 0 Å². The van der Waals surface area contributed by atoms with Crippen molar-refractivity contribution in [3.05, 3.63) is 105 Å². The zero-order valence-electron chi connectivity index (χ0n) is 16.6. The summed E-state index contributed by atoms with van der Waals surface area (Å²) in [6, 6.07) is 23.3. The van der Waals surface area contributed by atoms with Crippen molar-refractivity contribution in [2.24, 2.45) is 0 Å². The van der Waals surface area contributed by atoms with Gasteiger partial charge in [0.2, 0.25) is 5.62 Å². The molecule has 0 aliphatic heterocycles. The third-order valence-corrected chi connectivity index (χ3v) is 5.14. The number of hydrogen-bond acceptors (Lipinski definition) is 3. The number of ether oxygens (including phenoxy) is 1. The number of aryl methyl sites for hydroxylation is 1. The molecule has 4 aromatic rings. The third-order valence-electron chi connectivity index (χ3n) is 5.14. The molecular weight excluding hydrogens is 362 g/mol. The van der Waals surface area contributed by atoms with Crippen LogP contribution in [0.1, 0.15) is 16.7 Å². The van der Waals surface area contributed by atoms with Gasteiger partial charge in [-0.3, -0.25) is 14.8 Å². The summed E-state index contributed by atoms with van der Waals surface area (Å²) >= 11 is 0. The van der Waals surface area contributed by atoms with E-state index in [1.807, 2.05) is 53.1 Å². The van der Waals surface area contributed by atoms with Crippen LogP contribution in [0.2, 0.25) is 0 Å². The zero-order chi connectivity index (χ0) is 20.4. The Balaban J connectivity index is 1.84. The van der Waals surface area contributed by atoms with Crippen LogP contribution in [0.4, 0.5) is 0 Å². The van der Waals surface area contributed by atoms with Gasteiger partial charge in [-0.15, -0.1) is 0 Å². The van der Waals surface area contributed by atoms with Crippen LogP contribution >= 0.6 is 0 Å². The largest absolute Gasteiger partial charge is 0.497 e. The predicted molar refractivity (Wildman–Crippen MR) is 114 cm³/mol. The highest BCUT2D eigenvalue weighted by atomic mass is 16.5. The summed E-state index contributed by atoms with van der Waals surface area (Å²) in [5, 5.41) is 9.40. The molecule has 0 radical (unpaired) electrons. The molecule has 0 bridgehead atoms. The minimum Gasteiger partial charge on any atom is -0.497 e. The van der Waals surface area contributed by atoms with Gasteiger partial charge in [0.05, 0.1) is 31.1 Å². The molecule has 0 unspecified atom stereocenters. The number of nitrogens with zero attached hydrogens (tertiary/aromatic N) is 2. The standard InChI is InChI=1S/C24H23N3O2/c1-17-7-9-18(10-8-17)15-26-22-6-4-3-5-21(22)23(28)27(24(26)25)16-19-11-13-20(29-2)14-12-19/h3-14,25H,15-16H2,1-2H3. The highest BCUT2D eigenvalue weighted by molar-refractivity contribution is 5.77. The lowest BCUT2D eigenvalue weighted by molar-refractivity contribution is 0.414. The smallest absolute Gasteiger partial charge is 0.263 e. The fourth-order valence-corrected chi connectivity index (χ4v) is 3.49. The Morgan fingerprint density at radius 1 is 0.828 bits per heavy atom. The van der Waals surface area contributed by atoms with Gasteiger partial charge in [0.25, 0.3) is 5.56 Å². The van der Waals surface area contributed by atoms with Crippen LogP contribution in [0, 0.1) is 12.3 Å². The molecule has 0 aliphatic rings. The minimum absolute atomic E-state index is 0.151. The van der Waals surface area contributed by atoms with E-state index >= 15 is 0 Å². The number of nitrogens with one attached hydrogen (secondary N) is 1. The lowest BCUT2D eigenvalue weighted by Gasteiger charge is -2.16. The Hall–Kier alpha value is -3.60. The summed E-state index contributed by atoms with van der Waals surface area (Å²) < 4.78 is 8.63. The van der Waals surface area contributed by atoms with Gasteiger partial charge in [0.15, 0.2) is 0 Å². The van der Waals surface area contributed by atoms with Gasteiger partial charge >= 0.3 is 0 Å². The van der Waals surface area contributed by atoms with Crippen molar-refractivity contribution in [3.63, 3.8) is 0 Å². The second-order valence-corrected chi connectivity index (χ2v) is 7.15. The first-order chi connectivity index (χ1) is 14.1. The van der Waals surface area contributed by atoms with Crippen molar-refractivity contribution in [1.29, 1.82) is 5.41 Å². The number of methoxy groups -OCH3 is 1. The fraction of sp³-hybridized carbons (Fsp3) is 0.167. The monoisotopic (exact) mass is 385 g/mol. The van der Waals surface area contributed by atoms with E-state index in [1.165, 1.54) is 10.1 Å². The van der Waals surface area contributed by atoms with E-state index in [4.69, 9.17) is 10.1 Å². The maximum Gasteiger partial charge on any atom is 0.263 e. The number of aromatic nitrogens is 2. The SMILES string of the molecule is COc1ccc(Cn2c(=O)c3ccccc3n(Cc3ccc(C)cc3)c2=N)cc1. The lowest BCUT2D eigenvalue weighted by atomic mass is 10.1. The summed E-state index contributed by atoms with van der Waals surface area (Å²) in [5.41, 5.74) is 4.03. The second-order valence-electron chi connectivity index (χ2n) is 7.15. The van der Waals surface area contributed by atoms with Crippen LogP contribution in [0.3, 0.4) is 0 Å². The van der Waals surface area contributed by atoms with Gasteiger partial charge in [-0.05, 0) is 42.3 Å². The topological polar surface area (TPSA) is 60.0 Å². The maximum atomic E-state index is 13.1. The molecule has 0 atom stereocenters. The number of rotatable bonds is 5. The Kier molecular flexibility index (Phi) is 5.04. The molecule has 4 rings (SSSR count). The van der Waals surface area contributed by atoms with E-state index in [0.717, 1.165) is 22.4 Å². The highest BCUT2D eigenvalue weighted by Crippen LogP contribution is 2.14. The summed E-state index contributed by atoms with van der Waals surface area (Å²) in [4.78, 5) is 13.1. The first-order valence-corrected chi connectivity index (χ1v) is 9.52. The normalized spacial score (nSPS) is 11.0. The molecule has 1 heterocycles. The summed E-state index contributed by atoms with van der Waals surface area (Å²) in [7, 11) is 1.62. The van der Waals surface area contributed by atoms with Crippen LogP contribution < -0.4 is 15.9 Å². The van der Waals surface area contributed by atoms with Crippen molar-refractivity contribution in [2.75, 3.05) is 7.11 Å². The second kappa shape index (κ2) is 7.80. The number of para-hydroxylation sites is 1. The third kappa shape index (κ3) is 3.72. The van der Waals surface area contributed by atoms with E-state index in [-0.39, 0.29) is 11.2 Å². The van der Waals surface area contributed by atoms with E-state index in [0.29, 0.717) is 18.5 Å². The molecule has 0 amide bonds. The van der Waals surface area contributed by atoms with Gasteiger partial charge in [-0.1, -0.05) is 54.1 Å². The first-order valence-electron chi connectivity index (χ1n) is 9.52. The molecule has 1 N–H and O–H groups in total. The van der Waals surface area contributed by atoms with Crippen molar-refractivity contribution in [2.45, 2.75) is 20.0 Å². The summed E-state index contributed by atoms with van der Waals surface area (Å²) in [6.45, 7) is 2.92. The Bertz CT molecular complexity index is 1270. The molecule has 146 valence electrons. The van der Waals surface area contributed by atoms with Crippen molar-refractivity contribution < 1.29 is 4.74 Å². The molecular formula is C24H23N3O2. The quantitative estimate of drug-likeness (QED) is 0.569. The predicted octanol–water partition coefficient (Wildman–Crippen LogP) is 3.70.